The highest BCUT2D eigenvalue weighted by atomic mass is 16.5. The standard InChI is InChI=1S/C10H17NO2/c1-10(6-13-7-10)9(12)11(2)8-4-3-5-8/h8H,3-7H2,1-2H3. The van der Waals surface area contributed by atoms with Crippen molar-refractivity contribution in [3.05, 3.63) is 0 Å². The summed E-state index contributed by atoms with van der Waals surface area (Å²) in [6.07, 6.45) is 3.63. The molecule has 1 amide bonds. The molecule has 1 saturated carbocycles. The van der Waals surface area contributed by atoms with Crippen molar-refractivity contribution < 1.29 is 9.53 Å². The van der Waals surface area contributed by atoms with Crippen molar-refractivity contribution in [3.63, 3.8) is 0 Å². The second kappa shape index (κ2) is 2.98. The first-order chi connectivity index (χ1) is 6.13. The fraction of sp³-hybridized carbons (Fsp3) is 0.900. The average molecular weight is 183 g/mol. The van der Waals surface area contributed by atoms with Gasteiger partial charge in [0.1, 0.15) is 0 Å². The van der Waals surface area contributed by atoms with Crippen molar-refractivity contribution in [1.82, 2.24) is 4.90 Å². The number of carbonyl (C=O) groups is 1. The topological polar surface area (TPSA) is 29.5 Å². The maximum absolute atomic E-state index is 11.9. The van der Waals surface area contributed by atoms with Gasteiger partial charge in [-0.05, 0) is 26.2 Å². The lowest BCUT2D eigenvalue weighted by molar-refractivity contribution is -0.170. The highest BCUT2D eigenvalue weighted by Gasteiger charge is 2.44. The summed E-state index contributed by atoms with van der Waals surface area (Å²) < 4.78 is 5.09. The minimum atomic E-state index is -0.218. The van der Waals surface area contributed by atoms with Crippen LogP contribution in [0.25, 0.3) is 0 Å². The maximum Gasteiger partial charge on any atom is 0.233 e. The summed E-state index contributed by atoms with van der Waals surface area (Å²) in [4.78, 5) is 13.8. The third-order valence-corrected chi connectivity index (χ3v) is 3.30. The molecule has 2 fully saturated rings. The quantitative estimate of drug-likeness (QED) is 0.640. The molecule has 0 spiro atoms. The van der Waals surface area contributed by atoms with Gasteiger partial charge >= 0.3 is 0 Å². The van der Waals surface area contributed by atoms with Crippen LogP contribution in [0.15, 0.2) is 0 Å². The zero-order valence-electron chi connectivity index (χ0n) is 8.38. The van der Waals surface area contributed by atoms with Gasteiger partial charge in [0.05, 0.1) is 18.6 Å². The molecule has 3 nitrogen and oxygen atoms in total. The SMILES string of the molecule is CN(C(=O)C1(C)COC1)C1CCC1. The van der Waals surface area contributed by atoms with E-state index in [0.29, 0.717) is 19.3 Å². The number of ether oxygens (including phenoxy) is 1. The number of hydrogen-bond acceptors (Lipinski definition) is 2. The normalized spacial score (nSPS) is 26.0. The van der Waals surface area contributed by atoms with Gasteiger partial charge < -0.3 is 9.64 Å². The molecule has 0 aromatic carbocycles. The average Bonchev–Trinajstić information content (AvgIpc) is 1.95. The predicted molar refractivity (Wildman–Crippen MR) is 49.3 cm³/mol. The highest BCUT2D eigenvalue weighted by Crippen LogP contribution is 2.32. The van der Waals surface area contributed by atoms with Crippen molar-refractivity contribution >= 4 is 5.91 Å². The second-order valence-corrected chi connectivity index (χ2v) is 4.55. The van der Waals surface area contributed by atoms with Crippen LogP contribution in [0.4, 0.5) is 0 Å². The Morgan fingerprint density at radius 1 is 1.46 bits per heavy atom. The zero-order valence-corrected chi connectivity index (χ0v) is 8.38. The molecule has 13 heavy (non-hydrogen) atoms. The molecule has 0 aromatic rings. The summed E-state index contributed by atoms with van der Waals surface area (Å²) in [5.41, 5.74) is -0.218. The fourth-order valence-electron chi connectivity index (χ4n) is 1.90. The lowest BCUT2D eigenvalue weighted by atomic mass is 9.84. The summed E-state index contributed by atoms with van der Waals surface area (Å²) in [5.74, 6) is 0.267. The van der Waals surface area contributed by atoms with E-state index in [9.17, 15) is 4.79 Å². The first-order valence-corrected chi connectivity index (χ1v) is 4.98. The minimum absolute atomic E-state index is 0.218. The first kappa shape index (κ1) is 9.00. The summed E-state index contributed by atoms with van der Waals surface area (Å²) in [7, 11) is 1.93. The van der Waals surface area contributed by atoms with E-state index in [2.05, 4.69) is 0 Å². The van der Waals surface area contributed by atoms with Gasteiger partial charge in [-0.15, -0.1) is 0 Å². The molecule has 0 N–H and O–H groups in total. The summed E-state index contributed by atoms with van der Waals surface area (Å²) in [6, 6.07) is 0.505. The van der Waals surface area contributed by atoms with E-state index in [0.717, 1.165) is 0 Å². The molecule has 0 unspecified atom stereocenters. The molecule has 1 saturated heterocycles. The molecule has 1 heterocycles. The molecule has 1 aliphatic carbocycles. The van der Waals surface area contributed by atoms with Crippen LogP contribution in [0.5, 0.6) is 0 Å². The Balaban J connectivity index is 1.95. The third-order valence-electron chi connectivity index (χ3n) is 3.30. The Bertz CT molecular complexity index is 219. The summed E-state index contributed by atoms with van der Waals surface area (Å²) >= 11 is 0. The van der Waals surface area contributed by atoms with Crippen LogP contribution < -0.4 is 0 Å². The largest absolute Gasteiger partial charge is 0.379 e. The van der Waals surface area contributed by atoms with E-state index in [1.54, 1.807) is 0 Å². The van der Waals surface area contributed by atoms with E-state index in [1.165, 1.54) is 19.3 Å². The number of carbonyl (C=O) groups excluding carboxylic acids is 1. The third kappa shape index (κ3) is 1.35. The maximum atomic E-state index is 11.9. The first-order valence-electron chi connectivity index (χ1n) is 4.98. The van der Waals surface area contributed by atoms with Gasteiger partial charge in [0, 0.05) is 13.1 Å². The van der Waals surface area contributed by atoms with Crippen LogP contribution in [-0.2, 0) is 9.53 Å². The molecular formula is C10H17NO2. The number of rotatable bonds is 2. The predicted octanol–water partition coefficient (Wildman–Crippen LogP) is 1.03. The van der Waals surface area contributed by atoms with Crippen molar-refractivity contribution in [3.8, 4) is 0 Å². The van der Waals surface area contributed by atoms with Gasteiger partial charge in [0.15, 0.2) is 0 Å². The van der Waals surface area contributed by atoms with E-state index < -0.39 is 0 Å². The highest BCUT2D eigenvalue weighted by molar-refractivity contribution is 5.83. The van der Waals surface area contributed by atoms with E-state index in [-0.39, 0.29) is 11.3 Å². The van der Waals surface area contributed by atoms with Gasteiger partial charge in [-0.3, -0.25) is 4.79 Å². The van der Waals surface area contributed by atoms with Gasteiger partial charge in [-0.25, -0.2) is 0 Å². The molecule has 3 heteroatoms. The molecule has 0 aromatic heterocycles. The zero-order chi connectivity index (χ0) is 9.47. The summed E-state index contributed by atoms with van der Waals surface area (Å²) in [6.45, 7) is 3.19. The molecule has 0 radical (unpaired) electrons. The Labute approximate surface area is 79.0 Å². The fourth-order valence-corrected chi connectivity index (χ4v) is 1.90. The minimum Gasteiger partial charge on any atom is -0.379 e. The molecule has 0 atom stereocenters. The second-order valence-electron chi connectivity index (χ2n) is 4.55. The monoisotopic (exact) mass is 183 g/mol. The Morgan fingerprint density at radius 3 is 2.38 bits per heavy atom. The molecule has 2 aliphatic rings. The molecular weight excluding hydrogens is 166 g/mol. The van der Waals surface area contributed by atoms with Crippen molar-refractivity contribution in [1.29, 1.82) is 0 Å². The molecule has 2 rings (SSSR count). The number of nitrogens with zero attached hydrogens (tertiary/aromatic N) is 1. The van der Waals surface area contributed by atoms with E-state index in [1.807, 2.05) is 18.9 Å². The number of hydrogen-bond donors (Lipinski definition) is 0. The van der Waals surface area contributed by atoms with Crippen LogP contribution in [0.1, 0.15) is 26.2 Å². The van der Waals surface area contributed by atoms with Gasteiger partial charge in [-0.2, -0.15) is 0 Å². The van der Waals surface area contributed by atoms with Crippen molar-refractivity contribution in [2.75, 3.05) is 20.3 Å². The Hall–Kier alpha value is -0.570. The lowest BCUT2D eigenvalue weighted by Gasteiger charge is -2.43. The smallest absolute Gasteiger partial charge is 0.233 e. The summed E-state index contributed by atoms with van der Waals surface area (Å²) in [5, 5.41) is 0. The lowest BCUT2D eigenvalue weighted by Crippen LogP contribution is -2.55. The van der Waals surface area contributed by atoms with Gasteiger partial charge in [0.25, 0.3) is 0 Å². The van der Waals surface area contributed by atoms with Crippen LogP contribution in [-0.4, -0.2) is 37.1 Å². The van der Waals surface area contributed by atoms with E-state index >= 15 is 0 Å². The van der Waals surface area contributed by atoms with Crippen LogP contribution in [0.2, 0.25) is 0 Å². The Kier molecular flexibility index (Phi) is 2.06. The molecule has 1 aliphatic heterocycles. The van der Waals surface area contributed by atoms with Gasteiger partial charge in [-0.1, -0.05) is 0 Å². The molecule has 0 bridgehead atoms. The number of amides is 1. The van der Waals surface area contributed by atoms with Crippen molar-refractivity contribution in [2.45, 2.75) is 32.2 Å². The van der Waals surface area contributed by atoms with Gasteiger partial charge in [0.2, 0.25) is 5.91 Å². The van der Waals surface area contributed by atoms with Crippen molar-refractivity contribution in [2.24, 2.45) is 5.41 Å². The van der Waals surface area contributed by atoms with E-state index in [4.69, 9.17) is 4.74 Å². The Morgan fingerprint density at radius 2 is 2.08 bits per heavy atom. The van der Waals surface area contributed by atoms with Crippen LogP contribution in [0.3, 0.4) is 0 Å². The van der Waals surface area contributed by atoms with Crippen LogP contribution >= 0.6 is 0 Å². The molecule has 74 valence electrons. The van der Waals surface area contributed by atoms with Crippen LogP contribution in [0, 0.1) is 5.41 Å².